The molecule has 14 heteroatoms. The normalized spacial score (nSPS) is 26.5. The van der Waals surface area contributed by atoms with E-state index in [1.165, 1.54) is 25.1 Å². The van der Waals surface area contributed by atoms with Gasteiger partial charge in [-0.3, -0.25) is 14.4 Å². The summed E-state index contributed by atoms with van der Waals surface area (Å²) in [6.07, 6.45) is -3.45. The van der Waals surface area contributed by atoms with Crippen LogP contribution in [0.15, 0.2) is 18.2 Å². The maximum atomic E-state index is 14.7. The summed E-state index contributed by atoms with van der Waals surface area (Å²) in [6, 6.07) is 3.60. The Morgan fingerprint density at radius 2 is 1.96 bits per heavy atom. The number of amides is 1. The van der Waals surface area contributed by atoms with E-state index in [4.69, 9.17) is 19.9 Å². The van der Waals surface area contributed by atoms with Crippen molar-refractivity contribution in [1.82, 2.24) is 9.88 Å². The zero-order chi connectivity index (χ0) is 33.8. The van der Waals surface area contributed by atoms with Crippen molar-refractivity contribution in [2.75, 3.05) is 31.7 Å². The average Bonchev–Trinajstić information content (AvgIpc) is 3.75. The Hall–Kier alpha value is -3.91. The lowest BCUT2D eigenvalue weighted by molar-refractivity contribution is -0.152. The predicted molar refractivity (Wildman–Crippen MR) is 162 cm³/mol. The minimum Gasteiger partial charge on any atom is -0.461 e. The SMILES string of the molecule is CCOC(=O)c1c(C(F)(F)F)c2c(n1-c1ccc(C(N)=O)c(N[C@@H]3C[C@H]4CN[C@@H](C(=O)O[C@@H]5CCOC5)[C@@H]4C3)c1)CC(C)(C)CC2=O. The molecule has 1 saturated carbocycles. The molecule has 3 fully saturated rings. The molecule has 0 bridgehead atoms. The van der Waals surface area contributed by atoms with Gasteiger partial charge in [-0.2, -0.15) is 13.2 Å². The Balaban J connectivity index is 1.37. The number of ketones is 1. The van der Waals surface area contributed by atoms with Gasteiger partial charge in [-0.1, -0.05) is 13.8 Å². The summed E-state index contributed by atoms with van der Waals surface area (Å²) in [7, 11) is 0. The van der Waals surface area contributed by atoms with Crippen molar-refractivity contribution < 1.29 is 46.6 Å². The molecular formula is C33H39F3N4O7. The summed E-state index contributed by atoms with van der Waals surface area (Å²) in [6.45, 7) is 6.39. The number of hydrogen-bond acceptors (Lipinski definition) is 9. The van der Waals surface area contributed by atoms with Gasteiger partial charge in [0.2, 0.25) is 0 Å². The first kappa shape index (κ1) is 33.0. The molecule has 1 aromatic carbocycles. The van der Waals surface area contributed by atoms with Gasteiger partial charge in [-0.15, -0.1) is 0 Å². The van der Waals surface area contributed by atoms with E-state index in [-0.39, 0.29) is 72.0 Å². The molecule has 3 heterocycles. The fraction of sp³-hybridized carbons (Fsp3) is 0.576. The Kier molecular flexibility index (Phi) is 8.62. The van der Waals surface area contributed by atoms with Crippen LogP contribution < -0.4 is 16.4 Å². The Morgan fingerprint density at radius 3 is 2.62 bits per heavy atom. The molecule has 6 rings (SSSR count). The van der Waals surface area contributed by atoms with E-state index in [0.29, 0.717) is 39.0 Å². The second-order valence-corrected chi connectivity index (χ2v) is 13.7. The largest absolute Gasteiger partial charge is 0.461 e. The van der Waals surface area contributed by atoms with Crippen LogP contribution in [0.2, 0.25) is 0 Å². The number of aromatic nitrogens is 1. The Bertz CT molecular complexity index is 1610. The molecule has 4 N–H and O–H groups in total. The fourth-order valence-electron chi connectivity index (χ4n) is 7.76. The molecule has 5 atom stereocenters. The minimum absolute atomic E-state index is 0.0306. The van der Waals surface area contributed by atoms with Gasteiger partial charge in [0.05, 0.1) is 36.5 Å². The third-order valence-corrected chi connectivity index (χ3v) is 9.67. The number of alkyl halides is 3. The van der Waals surface area contributed by atoms with E-state index in [1.807, 2.05) is 0 Å². The molecule has 2 saturated heterocycles. The molecule has 1 aromatic heterocycles. The number of rotatable bonds is 8. The quantitative estimate of drug-likeness (QED) is 0.357. The standard InChI is InChI=1S/C33H39F3N4O7/c1-4-46-31(44)28-26(33(34,35)36)25-23(12-32(2,3)13-24(25)41)40(28)18-5-6-20(29(37)42)22(11-18)39-17-9-16-14-38-27(21(16)10-17)30(43)47-19-7-8-45-15-19/h5-6,11,16-17,19,21,27,38-39H,4,7-10,12-15H2,1-3H3,(H2,37,42)/t16-,17+,19+,21+,27+/m0/s1. The number of primary amides is 1. The zero-order valence-corrected chi connectivity index (χ0v) is 26.5. The van der Waals surface area contributed by atoms with Crippen LogP contribution in [0, 0.1) is 17.3 Å². The monoisotopic (exact) mass is 660 g/mol. The highest BCUT2D eigenvalue weighted by Crippen LogP contribution is 2.46. The van der Waals surface area contributed by atoms with Gasteiger partial charge in [-0.25, -0.2) is 4.79 Å². The number of halogens is 3. The van der Waals surface area contributed by atoms with Crippen molar-refractivity contribution >= 4 is 29.3 Å². The number of carbonyl (C=O) groups excluding carboxylic acids is 4. The van der Waals surface area contributed by atoms with Gasteiger partial charge in [0.1, 0.15) is 17.8 Å². The minimum atomic E-state index is -5.03. The molecule has 11 nitrogen and oxygen atoms in total. The van der Waals surface area contributed by atoms with E-state index in [0.717, 1.165) is 4.57 Å². The molecule has 2 aromatic rings. The molecule has 2 aliphatic carbocycles. The Labute approximate surface area is 269 Å². The summed E-state index contributed by atoms with van der Waals surface area (Å²) in [5, 5.41) is 6.63. The first-order valence-electron chi connectivity index (χ1n) is 16.0. The lowest BCUT2D eigenvalue weighted by Crippen LogP contribution is -2.40. The number of nitrogens with two attached hydrogens (primary N) is 1. The predicted octanol–water partition coefficient (Wildman–Crippen LogP) is 4.04. The summed E-state index contributed by atoms with van der Waals surface area (Å²) in [5.74, 6) is -2.88. The van der Waals surface area contributed by atoms with Crippen LogP contribution in [-0.2, 0) is 31.6 Å². The number of Topliss-reactive ketones (excluding diaryl/α,β-unsaturated/α-hetero) is 1. The maximum Gasteiger partial charge on any atom is 0.419 e. The molecule has 0 radical (unpaired) electrons. The highest BCUT2D eigenvalue weighted by Gasteiger charge is 2.50. The summed E-state index contributed by atoms with van der Waals surface area (Å²) < 4.78 is 61.2. The van der Waals surface area contributed by atoms with Crippen LogP contribution in [0.4, 0.5) is 18.9 Å². The molecule has 47 heavy (non-hydrogen) atoms. The van der Waals surface area contributed by atoms with Crippen LogP contribution in [0.1, 0.15) is 88.9 Å². The third-order valence-electron chi connectivity index (χ3n) is 9.67. The number of nitrogens with one attached hydrogen (secondary N) is 2. The van der Waals surface area contributed by atoms with Gasteiger partial charge in [0, 0.05) is 36.0 Å². The number of nitrogens with zero attached hydrogens (tertiary/aromatic N) is 1. The van der Waals surface area contributed by atoms with Crippen LogP contribution in [-0.4, -0.2) is 72.7 Å². The van der Waals surface area contributed by atoms with E-state index >= 15 is 0 Å². The number of fused-ring (bicyclic) bond motifs is 2. The lowest BCUT2D eigenvalue weighted by Gasteiger charge is -2.30. The van der Waals surface area contributed by atoms with Gasteiger partial charge < -0.3 is 35.1 Å². The molecule has 254 valence electrons. The topological polar surface area (TPSA) is 151 Å². The zero-order valence-electron chi connectivity index (χ0n) is 26.5. The molecule has 4 aliphatic rings. The van der Waals surface area contributed by atoms with E-state index in [9.17, 15) is 32.3 Å². The fourth-order valence-corrected chi connectivity index (χ4v) is 7.76. The summed E-state index contributed by atoms with van der Waals surface area (Å²) in [4.78, 5) is 52.0. The summed E-state index contributed by atoms with van der Waals surface area (Å²) >= 11 is 0. The number of anilines is 1. The van der Waals surface area contributed by atoms with Crippen molar-refractivity contribution in [3.8, 4) is 5.69 Å². The maximum absolute atomic E-state index is 14.7. The molecule has 0 unspecified atom stereocenters. The lowest BCUT2D eigenvalue weighted by atomic mass is 9.75. The number of carbonyl (C=O) groups is 4. The first-order valence-corrected chi connectivity index (χ1v) is 16.0. The molecule has 2 aliphatic heterocycles. The Morgan fingerprint density at radius 1 is 1.19 bits per heavy atom. The van der Waals surface area contributed by atoms with E-state index < -0.39 is 52.1 Å². The highest BCUT2D eigenvalue weighted by molar-refractivity contribution is 6.05. The number of hydrogen-bond donors (Lipinski definition) is 3. The van der Waals surface area contributed by atoms with Crippen molar-refractivity contribution in [2.45, 2.75) is 77.2 Å². The second kappa shape index (κ2) is 12.3. The highest BCUT2D eigenvalue weighted by atomic mass is 19.4. The van der Waals surface area contributed by atoms with Gasteiger partial charge in [-0.05, 0) is 68.2 Å². The van der Waals surface area contributed by atoms with Crippen molar-refractivity contribution in [3.63, 3.8) is 0 Å². The van der Waals surface area contributed by atoms with Crippen molar-refractivity contribution in [1.29, 1.82) is 0 Å². The van der Waals surface area contributed by atoms with Gasteiger partial charge >= 0.3 is 18.1 Å². The molecule has 1 amide bonds. The number of benzene rings is 1. The van der Waals surface area contributed by atoms with Crippen LogP contribution in [0.25, 0.3) is 5.69 Å². The number of ether oxygens (including phenoxy) is 3. The second-order valence-electron chi connectivity index (χ2n) is 13.7. The van der Waals surface area contributed by atoms with Gasteiger partial charge in [0.15, 0.2) is 5.78 Å². The van der Waals surface area contributed by atoms with Crippen LogP contribution in [0.5, 0.6) is 0 Å². The van der Waals surface area contributed by atoms with E-state index in [1.54, 1.807) is 13.8 Å². The van der Waals surface area contributed by atoms with E-state index in [2.05, 4.69) is 10.6 Å². The third kappa shape index (κ3) is 6.24. The molecular weight excluding hydrogens is 621 g/mol. The van der Waals surface area contributed by atoms with Crippen molar-refractivity contribution in [2.24, 2.45) is 23.0 Å². The van der Waals surface area contributed by atoms with Crippen LogP contribution in [0.3, 0.4) is 0 Å². The molecule has 0 spiro atoms. The summed E-state index contributed by atoms with van der Waals surface area (Å²) in [5.41, 5.74) is 2.95. The smallest absolute Gasteiger partial charge is 0.419 e. The van der Waals surface area contributed by atoms with Crippen LogP contribution >= 0.6 is 0 Å². The average molecular weight is 661 g/mol. The number of esters is 2. The van der Waals surface area contributed by atoms with Crippen molar-refractivity contribution in [3.05, 3.63) is 46.3 Å². The first-order chi connectivity index (χ1) is 22.2. The van der Waals surface area contributed by atoms with Gasteiger partial charge in [0.25, 0.3) is 5.91 Å².